The van der Waals surface area contributed by atoms with E-state index in [-0.39, 0.29) is 31.1 Å². The fourth-order valence-corrected chi connectivity index (χ4v) is 11.1. The van der Waals surface area contributed by atoms with Crippen LogP contribution in [0.4, 0.5) is 0 Å². The number of carbonyl (C=O) groups excluding carboxylic acids is 3. The van der Waals surface area contributed by atoms with E-state index in [1.54, 1.807) is 0 Å². The Balaban J connectivity index is 3.89. The van der Waals surface area contributed by atoms with Crippen molar-refractivity contribution in [3.63, 3.8) is 0 Å². The summed E-state index contributed by atoms with van der Waals surface area (Å²) in [5, 5.41) is 0. The van der Waals surface area contributed by atoms with E-state index in [4.69, 9.17) is 14.2 Å². The molecule has 0 amide bonds. The summed E-state index contributed by atoms with van der Waals surface area (Å²) in [5.74, 6) is -0.834. The van der Waals surface area contributed by atoms with E-state index >= 15 is 0 Å². The molecule has 0 N–H and O–H groups in total. The lowest BCUT2D eigenvalue weighted by Gasteiger charge is -2.18. The third-order valence-electron chi connectivity index (χ3n) is 16.4. The number of unbranched alkanes of at least 4 members (excludes halogenated alkanes) is 55. The minimum absolute atomic E-state index is 0.0614. The summed E-state index contributed by atoms with van der Waals surface area (Å²) in [4.78, 5) is 38.1. The molecule has 452 valence electrons. The molecule has 0 radical (unpaired) electrons. The van der Waals surface area contributed by atoms with Crippen molar-refractivity contribution in [3.05, 3.63) is 0 Å². The Labute approximate surface area is 476 Å². The first-order valence-electron chi connectivity index (χ1n) is 35.0. The lowest BCUT2D eigenvalue weighted by Crippen LogP contribution is -2.30. The van der Waals surface area contributed by atoms with Crippen LogP contribution in [0.15, 0.2) is 0 Å². The van der Waals surface area contributed by atoms with Crippen LogP contribution in [0.5, 0.6) is 0 Å². The van der Waals surface area contributed by atoms with Gasteiger partial charge < -0.3 is 14.2 Å². The van der Waals surface area contributed by atoms with Crippen molar-refractivity contribution in [1.29, 1.82) is 0 Å². The number of ether oxygens (including phenoxy) is 3. The molecule has 0 heterocycles. The Hall–Kier alpha value is -1.59. The number of carbonyl (C=O) groups is 3. The first-order valence-corrected chi connectivity index (χ1v) is 35.0. The molecule has 0 rings (SSSR count). The van der Waals surface area contributed by atoms with Crippen molar-refractivity contribution in [2.24, 2.45) is 0 Å². The van der Waals surface area contributed by atoms with Gasteiger partial charge in [0.1, 0.15) is 13.2 Å². The first kappa shape index (κ1) is 74.4. The zero-order chi connectivity index (χ0) is 55.0. The molecule has 6 heteroatoms. The minimum Gasteiger partial charge on any atom is -0.462 e. The molecule has 1 unspecified atom stereocenters. The van der Waals surface area contributed by atoms with Gasteiger partial charge in [-0.15, -0.1) is 0 Å². The third-order valence-corrected chi connectivity index (χ3v) is 16.4. The second kappa shape index (κ2) is 65.9. The molecule has 0 aromatic heterocycles. The predicted molar refractivity (Wildman–Crippen MR) is 330 cm³/mol. The fourth-order valence-electron chi connectivity index (χ4n) is 11.1. The molecular formula is C70H136O6. The largest absolute Gasteiger partial charge is 0.462 e. The number of hydrogen-bond donors (Lipinski definition) is 0. The van der Waals surface area contributed by atoms with Crippen LogP contribution in [-0.4, -0.2) is 37.2 Å². The Morgan fingerprint density at radius 1 is 0.211 bits per heavy atom. The molecule has 0 bridgehead atoms. The van der Waals surface area contributed by atoms with E-state index in [1.807, 2.05) is 0 Å². The Morgan fingerprint density at radius 3 is 0.526 bits per heavy atom. The Bertz CT molecular complexity index is 1140. The molecule has 0 aromatic carbocycles. The highest BCUT2D eigenvalue weighted by molar-refractivity contribution is 5.71. The van der Waals surface area contributed by atoms with Crippen LogP contribution in [-0.2, 0) is 28.6 Å². The number of esters is 3. The SMILES string of the molecule is CCCCCCCCCCCCCCCCCCCCCCCCCCCCCCCCCCCCCC(=O)OCC(COC(=O)CCCCCCCCCC)OC(=O)CCCCCCCCCCCCCCCCC. The standard InChI is InChI=1S/C70H136O6/c1-4-7-10-13-16-19-21-23-25-26-27-28-29-30-31-32-33-34-35-36-37-38-39-40-41-42-43-44-46-47-49-51-54-57-60-63-69(72)75-66-67(65-74-68(71)62-59-56-53-18-15-12-9-6-3)76-70(73)64-61-58-55-52-50-48-45-24-22-20-17-14-11-8-5-2/h67H,4-66H2,1-3H3. The van der Waals surface area contributed by atoms with Gasteiger partial charge in [0, 0.05) is 19.3 Å². The summed E-state index contributed by atoms with van der Waals surface area (Å²) < 4.78 is 16.9. The topological polar surface area (TPSA) is 78.9 Å². The monoisotopic (exact) mass is 1070 g/mol. The van der Waals surface area contributed by atoms with Crippen molar-refractivity contribution in [1.82, 2.24) is 0 Å². The van der Waals surface area contributed by atoms with Crippen molar-refractivity contribution >= 4 is 17.9 Å². The van der Waals surface area contributed by atoms with Gasteiger partial charge >= 0.3 is 17.9 Å². The molecular weight excluding hydrogens is 937 g/mol. The Kier molecular flexibility index (Phi) is 64.5. The highest BCUT2D eigenvalue weighted by Crippen LogP contribution is 2.19. The normalized spacial score (nSPS) is 11.9. The summed E-state index contributed by atoms with van der Waals surface area (Å²) in [6.45, 7) is 6.69. The van der Waals surface area contributed by atoms with Gasteiger partial charge in [-0.25, -0.2) is 0 Å². The molecule has 0 aromatic rings. The van der Waals surface area contributed by atoms with Crippen molar-refractivity contribution < 1.29 is 28.6 Å². The van der Waals surface area contributed by atoms with Gasteiger partial charge in [-0.3, -0.25) is 14.4 Å². The van der Waals surface area contributed by atoms with E-state index < -0.39 is 6.10 Å². The van der Waals surface area contributed by atoms with Crippen LogP contribution in [0, 0.1) is 0 Å². The zero-order valence-corrected chi connectivity index (χ0v) is 52.1. The summed E-state index contributed by atoms with van der Waals surface area (Å²) in [7, 11) is 0. The molecule has 0 aliphatic carbocycles. The van der Waals surface area contributed by atoms with Crippen molar-refractivity contribution in [3.8, 4) is 0 Å². The minimum atomic E-state index is -0.761. The second-order valence-corrected chi connectivity index (χ2v) is 24.2. The highest BCUT2D eigenvalue weighted by atomic mass is 16.6. The van der Waals surface area contributed by atoms with Gasteiger partial charge in [-0.2, -0.15) is 0 Å². The lowest BCUT2D eigenvalue weighted by molar-refractivity contribution is -0.167. The van der Waals surface area contributed by atoms with Crippen LogP contribution < -0.4 is 0 Å². The van der Waals surface area contributed by atoms with Gasteiger partial charge in [0.05, 0.1) is 0 Å². The van der Waals surface area contributed by atoms with Crippen LogP contribution in [0.25, 0.3) is 0 Å². The molecule has 0 fully saturated rings. The van der Waals surface area contributed by atoms with Gasteiger partial charge in [0.15, 0.2) is 6.10 Å². The molecule has 1 atom stereocenters. The van der Waals surface area contributed by atoms with Crippen molar-refractivity contribution in [2.45, 2.75) is 419 Å². The predicted octanol–water partition coefficient (Wildman–Crippen LogP) is 23.8. The summed E-state index contributed by atoms with van der Waals surface area (Å²) in [5.41, 5.74) is 0. The molecule has 0 saturated heterocycles. The molecule has 6 nitrogen and oxygen atoms in total. The second-order valence-electron chi connectivity index (χ2n) is 24.2. The smallest absolute Gasteiger partial charge is 0.306 e. The van der Waals surface area contributed by atoms with Gasteiger partial charge in [-0.1, -0.05) is 374 Å². The maximum atomic E-state index is 12.8. The quantitative estimate of drug-likeness (QED) is 0.0343. The van der Waals surface area contributed by atoms with E-state index in [1.165, 1.54) is 315 Å². The summed E-state index contributed by atoms with van der Waals surface area (Å²) in [6.07, 6.45) is 77.5. The van der Waals surface area contributed by atoms with Crippen LogP contribution in [0.3, 0.4) is 0 Å². The maximum absolute atomic E-state index is 12.8. The van der Waals surface area contributed by atoms with Gasteiger partial charge in [0.25, 0.3) is 0 Å². The number of hydrogen-bond acceptors (Lipinski definition) is 6. The van der Waals surface area contributed by atoms with Crippen molar-refractivity contribution in [2.75, 3.05) is 13.2 Å². The zero-order valence-electron chi connectivity index (χ0n) is 52.1. The third kappa shape index (κ3) is 63.2. The maximum Gasteiger partial charge on any atom is 0.306 e. The number of rotatable bonds is 66. The fraction of sp³-hybridized carbons (Fsp3) is 0.957. The van der Waals surface area contributed by atoms with Gasteiger partial charge in [0.2, 0.25) is 0 Å². The van der Waals surface area contributed by atoms with Crippen LogP contribution in [0.1, 0.15) is 412 Å². The summed E-state index contributed by atoms with van der Waals surface area (Å²) in [6, 6.07) is 0. The molecule has 0 aliphatic heterocycles. The molecule has 76 heavy (non-hydrogen) atoms. The van der Waals surface area contributed by atoms with E-state index in [2.05, 4.69) is 20.8 Å². The summed E-state index contributed by atoms with van der Waals surface area (Å²) >= 11 is 0. The van der Waals surface area contributed by atoms with Crippen LogP contribution >= 0.6 is 0 Å². The average molecular weight is 1070 g/mol. The molecule has 0 spiro atoms. The van der Waals surface area contributed by atoms with E-state index in [9.17, 15) is 14.4 Å². The van der Waals surface area contributed by atoms with Gasteiger partial charge in [-0.05, 0) is 19.3 Å². The van der Waals surface area contributed by atoms with E-state index in [0.717, 1.165) is 57.8 Å². The average Bonchev–Trinajstić information content (AvgIpc) is 3.42. The molecule has 0 aliphatic rings. The van der Waals surface area contributed by atoms with E-state index in [0.29, 0.717) is 19.3 Å². The Morgan fingerprint density at radius 2 is 0.355 bits per heavy atom. The molecule has 0 saturated carbocycles. The first-order chi connectivity index (χ1) is 37.5. The highest BCUT2D eigenvalue weighted by Gasteiger charge is 2.19. The van der Waals surface area contributed by atoms with Crippen LogP contribution in [0.2, 0.25) is 0 Å². The lowest BCUT2D eigenvalue weighted by atomic mass is 10.0.